The fraction of sp³-hybridized carbons (Fsp3) is 0.267. The van der Waals surface area contributed by atoms with Crippen LogP contribution in [0.4, 0.5) is 5.69 Å². The Morgan fingerprint density at radius 3 is 2.95 bits per heavy atom. The minimum absolute atomic E-state index is 0.156. The second-order valence-electron chi connectivity index (χ2n) is 4.43. The molecule has 1 aromatic heterocycles. The fourth-order valence-corrected chi connectivity index (χ4v) is 1.89. The van der Waals surface area contributed by atoms with Crippen LogP contribution in [0, 0.1) is 0 Å². The van der Waals surface area contributed by atoms with Gasteiger partial charge in [-0.2, -0.15) is 0 Å². The molecule has 21 heavy (non-hydrogen) atoms. The zero-order chi connectivity index (χ0) is 15.2. The van der Waals surface area contributed by atoms with E-state index in [4.69, 9.17) is 16.0 Å². The number of carbonyl (C=O) groups is 1. The average molecular weight is 310 g/mol. The lowest BCUT2D eigenvalue weighted by Crippen LogP contribution is -2.20. The molecule has 2 N–H and O–H groups in total. The van der Waals surface area contributed by atoms with Gasteiger partial charge in [-0.25, -0.2) is 4.79 Å². The van der Waals surface area contributed by atoms with Crippen LogP contribution in [0.3, 0.4) is 0 Å². The van der Waals surface area contributed by atoms with Crippen LogP contribution in [0.5, 0.6) is 0 Å². The minimum Gasteiger partial charge on any atom is -0.463 e. The molecule has 1 heterocycles. The summed E-state index contributed by atoms with van der Waals surface area (Å²) < 4.78 is 10.1. The second-order valence-corrected chi connectivity index (χ2v) is 4.73. The van der Waals surface area contributed by atoms with Gasteiger partial charge in [0, 0.05) is 17.8 Å². The molecule has 0 bridgehead atoms. The van der Waals surface area contributed by atoms with Crippen LogP contribution in [0.25, 0.3) is 11.3 Å². The third-order valence-corrected chi connectivity index (χ3v) is 3.22. The van der Waals surface area contributed by atoms with E-state index in [0.717, 1.165) is 11.3 Å². The number of furan rings is 1. The van der Waals surface area contributed by atoms with Crippen LogP contribution in [-0.2, 0) is 4.74 Å². The van der Waals surface area contributed by atoms with Gasteiger partial charge in [0.1, 0.15) is 5.76 Å². The number of aliphatic hydroxyl groups excluding tert-OH is 1. The molecule has 0 saturated heterocycles. The number of hydrogen-bond donors (Lipinski definition) is 2. The molecule has 0 spiro atoms. The summed E-state index contributed by atoms with van der Waals surface area (Å²) in [6.07, 6.45) is -0.607. The quantitative estimate of drug-likeness (QED) is 0.634. The summed E-state index contributed by atoms with van der Waals surface area (Å²) in [5.41, 5.74) is 1.64. The van der Waals surface area contributed by atoms with E-state index in [1.54, 1.807) is 12.1 Å². The Morgan fingerprint density at radius 2 is 2.24 bits per heavy atom. The molecule has 112 valence electrons. The van der Waals surface area contributed by atoms with Gasteiger partial charge in [-0.05, 0) is 24.3 Å². The van der Waals surface area contributed by atoms with E-state index in [9.17, 15) is 9.90 Å². The van der Waals surface area contributed by atoms with Crippen molar-refractivity contribution in [3.8, 4) is 11.3 Å². The van der Waals surface area contributed by atoms with Crippen molar-refractivity contribution in [3.05, 3.63) is 42.2 Å². The number of alkyl halides is 1. The molecule has 1 unspecified atom stereocenters. The van der Waals surface area contributed by atoms with Crippen molar-refractivity contribution in [3.63, 3.8) is 0 Å². The van der Waals surface area contributed by atoms with E-state index in [1.165, 1.54) is 7.11 Å². The first-order valence-electron chi connectivity index (χ1n) is 6.40. The van der Waals surface area contributed by atoms with Crippen LogP contribution in [0.15, 0.2) is 40.8 Å². The van der Waals surface area contributed by atoms with E-state index in [1.807, 2.05) is 24.3 Å². The summed E-state index contributed by atoms with van der Waals surface area (Å²) in [4.78, 5) is 11.4. The molecule has 0 saturated carbocycles. The first kappa shape index (κ1) is 15.4. The zero-order valence-electron chi connectivity index (χ0n) is 11.5. The zero-order valence-corrected chi connectivity index (χ0v) is 12.3. The molecule has 0 aliphatic rings. The molecular weight excluding hydrogens is 294 g/mol. The van der Waals surface area contributed by atoms with Crippen molar-refractivity contribution in [1.82, 2.24) is 0 Å². The van der Waals surface area contributed by atoms with Gasteiger partial charge in [0.2, 0.25) is 5.76 Å². The van der Waals surface area contributed by atoms with E-state index >= 15 is 0 Å². The Kier molecular flexibility index (Phi) is 5.25. The Balaban J connectivity index is 2.13. The maximum atomic E-state index is 11.4. The summed E-state index contributed by atoms with van der Waals surface area (Å²) in [6.45, 7) is 0.360. The summed E-state index contributed by atoms with van der Waals surface area (Å²) in [6, 6.07) is 10.7. The lowest BCUT2D eigenvalue weighted by atomic mass is 10.1. The first-order chi connectivity index (χ1) is 10.1. The van der Waals surface area contributed by atoms with Crippen LogP contribution >= 0.6 is 11.6 Å². The molecule has 6 heteroatoms. The van der Waals surface area contributed by atoms with Gasteiger partial charge in [0.15, 0.2) is 0 Å². The Labute approximate surface area is 127 Å². The van der Waals surface area contributed by atoms with E-state index < -0.39 is 12.1 Å². The summed E-state index contributed by atoms with van der Waals surface area (Å²) in [5.74, 6) is 0.383. The van der Waals surface area contributed by atoms with Crippen molar-refractivity contribution in [2.75, 3.05) is 24.9 Å². The molecular formula is C15H16ClNO4. The first-order valence-corrected chi connectivity index (χ1v) is 6.94. The third-order valence-electron chi connectivity index (χ3n) is 2.86. The summed E-state index contributed by atoms with van der Waals surface area (Å²) in [5, 5.41) is 12.5. The highest BCUT2D eigenvalue weighted by atomic mass is 35.5. The maximum absolute atomic E-state index is 11.4. The van der Waals surface area contributed by atoms with Crippen molar-refractivity contribution in [2.24, 2.45) is 0 Å². The molecule has 2 rings (SSSR count). The largest absolute Gasteiger partial charge is 0.463 e. The topological polar surface area (TPSA) is 71.7 Å². The average Bonchev–Trinajstić information content (AvgIpc) is 3.02. The molecule has 1 atom stereocenters. The molecule has 0 aliphatic carbocycles. The SMILES string of the molecule is COC(=O)c1ccc(-c2cccc(NCC(O)CCl)c2)o1. The molecule has 0 aliphatic heterocycles. The van der Waals surface area contributed by atoms with Gasteiger partial charge in [-0.1, -0.05) is 12.1 Å². The predicted octanol–water partition coefficient (Wildman–Crippen LogP) is 2.74. The number of aliphatic hydroxyl groups is 1. The van der Waals surface area contributed by atoms with Gasteiger partial charge in [0.25, 0.3) is 0 Å². The van der Waals surface area contributed by atoms with Gasteiger partial charge in [-0.15, -0.1) is 11.6 Å². The lowest BCUT2D eigenvalue weighted by molar-refractivity contribution is 0.0566. The minimum atomic E-state index is -0.607. The number of benzene rings is 1. The fourth-order valence-electron chi connectivity index (χ4n) is 1.78. The molecule has 5 nitrogen and oxygen atoms in total. The number of esters is 1. The monoisotopic (exact) mass is 309 g/mol. The molecule has 0 radical (unpaired) electrons. The van der Waals surface area contributed by atoms with Crippen LogP contribution in [0.1, 0.15) is 10.6 Å². The van der Waals surface area contributed by atoms with Crippen molar-refractivity contribution in [1.29, 1.82) is 0 Å². The highest BCUT2D eigenvalue weighted by Crippen LogP contribution is 2.25. The number of rotatable bonds is 6. The number of nitrogens with one attached hydrogen (secondary N) is 1. The molecule has 1 aromatic carbocycles. The number of hydrogen-bond acceptors (Lipinski definition) is 5. The number of carbonyl (C=O) groups excluding carboxylic acids is 1. The Morgan fingerprint density at radius 1 is 1.43 bits per heavy atom. The Hall–Kier alpha value is -1.98. The normalized spacial score (nSPS) is 12.0. The highest BCUT2D eigenvalue weighted by Gasteiger charge is 2.12. The van der Waals surface area contributed by atoms with Gasteiger partial charge in [0.05, 0.1) is 19.1 Å². The predicted molar refractivity (Wildman–Crippen MR) is 80.7 cm³/mol. The summed E-state index contributed by atoms with van der Waals surface area (Å²) >= 11 is 5.54. The van der Waals surface area contributed by atoms with E-state index in [2.05, 4.69) is 10.1 Å². The van der Waals surface area contributed by atoms with E-state index in [-0.39, 0.29) is 11.6 Å². The van der Waals surface area contributed by atoms with Crippen LogP contribution in [-0.4, -0.2) is 36.7 Å². The third kappa shape index (κ3) is 4.00. The van der Waals surface area contributed by atoms with Crippen molar-refractivity contribution >= 4 is 23.3 Å². The lowest BCUT2D eigenvalue weighted by Gasteiger charge is -2.10. The van der Waals surface area contributed by atoms with Crippen molar-refractivity contribution in [2.45, 2.75) is 6.10 Å². The molecule has 2 aromatic rings. The second kappa shape index (κ2) is 7.15. The molecule has 0 fully saturated rings. The number of ether oxygens (including phenoxy) is 1. The molecule has 0 amide bonds. The maximum Gasteiger partial charge on any atom is 0.373 e. The van der Waals surface area contributed by atoms with Crippen molar-refractivity contribution < 1.29 is 19.1 Å². The van der Waals surface area contributed by atoms with Gasteiger partial charge in [-0.3, -0.25) is 0 Å². The number of halogens is 1. The smallest absolute Gasteiger partial charge is 0.373 e. The van der Waals surface area contributed by atoms with Crippen LogP contribution in [0.2, 0.25) is 0 Å². The van der Waals surface area contributed by atoms with Gasteiger partial charge < -0.3 is 19.6 Å². The van der Waals surface area contributed by atoms with E-state index in [0.29, 0.717) is 12.3 Å². The highest BCUT2D eigenvalue weighted by molar-refractivity contribution is 6.18. The standard InChI is InChI=1S/C15H16ClNO4/c1-20-15(19)14-6-5-13(21-14)10-3-2-4-11(7-10)17-9-12(18)8-16/h2-7,12,17-18H,8-9H2,1H3. The summed E-state index contributed by atoms with van der Waals surface area (Å²) in [7, 11) is 1.30. The van der Waals surface area contributed by atoms with Crippen LogP contribution < -0.4 is 5.32 Å². The number of anilines is 1. The number of methoxy groups -OCH3 is 1. The Bertz CT molecular complexity index is 611. The van der Waals surface area contributed by atoms with Gasteiger partial charge >= 0.3 is 5.97 Å².